The van der Waals surface area contributed by atoms with Gasteiger partial charge in [-0.05, 0) is 42.7 Å². The molecule has 17 heavy (non-hydrogen) atoms. The van der Waals surface area contributed by atoms with E-state index in [1.54, 1.807) is 18.2 Å². The Bertz CT molecular complexity index is 573. The summed E-state index contributed by atoms with van der Waals surface area (Å²) in [4.78, 5) is 0.313. The molecule has 1 aromatic rings. The minimum Gasteiger partial charge on any atom is -0.497 e. The Balaban J connectivity index is 2.53. The van der Waals surface area contributed by atoms with Gasteiger partial charge in [-0.2, -0.15) is 0 Å². The SMILES string of the molecule is COc1ccc2c(c1)S(=O)(=O)C=C2CC(C)N. The number of ether oxygens (including phenoxy) is 1. The molecule has 1 aromatic carbocycles. The molecule has 1 unspecified atom stereocenters. The average Bonchev–Trinajstić information content (AvgIpc) is 2.49. The molecule has 0 radical (unpaired) electrons. The highest BCUT2D eigenvalue weighted by Crippen LogP contribution is 2.37. The zero-order valence-corrected chi connectivity index (χ0v) is 10.6. The molecule has 1 aliphatic rings. The Morgan fingerprint density at radius 3 is 2.71 bits per heavy atom. The van der Waals surface area contributed by atoms with E-state index >= 15 is 0 Å². The summed E-state index contributed by atoms with van der Waals surface area (Å²) in [6.07, 6.45) is 0.554. The third-order valence-electron chi connectivity index (χ3n) is 2.68. The van der Waals surface area contributed by atoms with Gasteiger partial charge in [-0.3, -0.25) is 0 Å². The minimum absolute atomic E-state index is 0.0653. The van der Waals surface area contributed by atoms with Crippen LogP contribution in [0.2, 0.25) is 0 Å². The van der Waals surface area contributed by atoms with Crippen molar-refractivity contribution in [2.75, 3.05) is 7.11 Å². The second-order valence-electron chi connectivity index (χ2n) is 4.23. The first kappa shape index (κ1) is 12.1. The second kappa shape index (κ2) is 4.16. The van der Waals surface area contributed by atoms with E-state index in [0.29, 0.717) is 17.1 Å². The fraction of sp³-hybridized carbons (Fsp3) is 0.333. The molecular formula is C12H15NO3S. The molecule has 0 aliphatic carbocycles. The number of fused-ring (bicyclic) bond motifs is 1. The highest BCUT2D eigenvalue weighted by molar-refractivity contribution is 7.95. The van der Waals surface area contributed by atoms with E-state index in [1.165, 1.54) is 12.5 Å². The predicted octanol–water partition coefficient (Wildman–Crippen LogP) is 1.56. The van der Waals surface area contributed by atoms with E-state index < -0.39 is 9.84 Å². The van der Waals surface area contributed by atoms with E-state index in [2.05, 4.69) is 0 Å². The predicted molar refractivity (Wildman–Crippen MR) is 66.4 cm³/mol. The Hall–Kier alpha value is -1.33. The molecule has 0 amide bonds. The van der Waals surface area contributed by atoms with Crippen molar-refractivity contribution in [3.63, 3.8) is 0 Å². The monoisotopic (exact) mass is 253 g/mol. The molecule has 0 bridgehead atoms. The third kappa shape index (κ3) is 2.21. The summed E-state index contributed by atoms with van der Waals surface area (Å²) in [5.41, 5.74) is 7.23. The van der Waals surface area contributed by atoms with Gasteiger partial charge in [0.2, 0.25) is 9.84 Å². The Morgan fingerprint density at radius 2 is 2.12 bits per heavy atom. The van der Waals surface area contributed by atoms with Crippen molar-refractivity contribution in [1.82, 2.24) is 0 Å². The maximum absolute atomic E-state index is 11.9. The maximum Gasteiger partial charge on any atom is 0.200 e. The number of benzene rings is 1. The molecule has 4 nitrogen and oxygen atoms in total. The molecule has 0 fully saturated rings. The van der Waals surface area contributed by atoms with E-state index in [1.807, 2.05) is 6.92 Å². The van der Waals surface area contributed by atoms with Crippen LogP contribution in [0.4, 0.5) is 0 Å². The molecule has 1 aliphatic heterocycles. The maximum atomic E-state index is 11.9. The highest BCUT2D eigenvalue weighted by atomic mass is 32.2. The number of hydrogen-bond acceptors (Lipinski definition) is 4. The largest absolute Gasteiger partial charge is 0.497 e. The molecule has 1 heterocycles. The van der Waals surface area contributed by atoms with Gasteiger partial charge >= 0.3 is 0 Å². The molecule has 5 heteroatoms. The van der Waals surface area contributed by atoms with Crippen LogP contribution >= 0.6 is 0 Å². The van der Waals surface area contributed by atoms with E-state index in [4.69, 9.17) is 10.5 Å². The number of nitrogens with two attached hydrogens (primary N) is 1. The van der Waals surface area contributed by atoms with E-state index in [0.717, 1.165) is 11.1 Å². The number of hydrogen-bond donors (Lipinski definition) is 1. The van der Waals surface area contributed by atoms with Gasteiger partial charge < -0.3 is 10.5 Å². The fourth-order valence-electron chi connectivity index (χ4n) is 1.95. The first-order valence-corrected chi connectivity index (χ1v) is 6.88. The van der Waals surface area contributed by atoms with Crippen molar-refractivity contribution >= 4 is 15.4 Å². The van der Waals surface area contributed by atoms with Gasteiger partial charge in [0, 0.05) is 11.4 Å². The summed E-state index contributed by atoms with van der Waals surface area (Å²) < 4.78 is 28.9. The van der Waals surface area contributed by atoms with Gasteiger partial charge in [0.05, 0.1) is 12.0 Å². The van der Waals surface area contributed by atoms with Gasteiger partial charge in [0.15, 0.2) is 0 Å². The molecule has 0 aromatic heterocycles. The lowest BCUT2D eigenvalue weighted by molar-refractivity contribution is 0.413. The topological polar surface area (TPSA) is 69.4 Å². The van der Waals surface area contributed by atoms with Crippen LogP contribution in [-0.4, -0.2) is 21.6 Å². The highest BCUT2D eigenvalue weighted by Gasteiger charge is 2.27. The molecule has 2 rings (SSSR count). The molecule has 0 saturated heterocycles. The van der Waals surface area contributed by atoms with Crippen LogP contribution in [0, 0.1) is 0 Å². The van der Waals surface area contributed by atoms with Gasteiger partial charge in [-0.25, -0.2) is 8.42 Å². The van der Waals surface area contributed by atoms with Crippen LogP contribution in [-0.2, 0) is 9.84 Å². The smallest absolute Gasteiger partial charge is 0.200 e. The zero-order chi connectivity index (χ0) is 12.6. The van der Waals surface area contributed by atoms with Crippen LogP contribution < -0.4 is 10.5 Å². The zero-order valence-electron chi connectivity index (χ0n) is 9.80. The van der Waals surface area contributed by atoms with Crippen molar-refractivity contribution in [2.45, 2.75) is 24.3 Å². The molecule has 2 N–H and O–H groups in total. The molecule has 0 saturated carbocycles. The lowest BCUT2D eigenvalue weighted by Crippen LogP contribution is -2.14. The summed E-state index contributed by atoms with van der Waals surface area (Å²) in [5.74, 6) is 0.544. The fourth-order valence-corrected chi connectivity index (χ4v) is 3.46. The van der Waals surface area contributed by atoms with Crippen LogP contribution in [0.15, 0.2) is 28.5 Å². The van der Waals surface area contributed by atoms with Gasteiger partial charge in [0.25, 0.3) is 0 Å². The summed E-state index contributed by atoms with van der Waals surface area (Å²) in [6, 6.07) is 5.02. The first-order valence-electron chi connectivity index (χ1n) is 5.33. The first-order chi connectivity index (χ1) is 7.94. The van der Waals surface area contributed by atoms with Crippen LogP contribution in [0.1, 0.15) is 18.9 Å². The molecule has 1 atom stereocenters. The van der Waals surface area contributed by atoms with Gasteiger partial charge in [-0.1, -0.05) is 0 Å². The van der Waals surface area contributed by atoms with Crippen molar-refractivity contribution < 1.29 is 13.2 Å². The molecule has 92 valence electrons. The van der Waals surface area contributed by atoms with E-state index in [9.17, 15) is 8.42 Å². The number of rotatable bonds is 3. The van der Waals surface area contributed by atoms with Crippen LogP contribution in [0.25, 0.3) is 5.57 Å². The molecule has 0 spiro atoms. The number of sulfone groups is 1. The summed E-state index contributed by atoms with van der Waals surface area (Å²) in [5, 5.41) is 1.31. The normalized spacial score (nSPS) is 18.4. The molecular weight excluding hydrogens is 238 g/mol. The summed E-state index contributed by atoms with van der Waals surface area (Å²) in [7, 11) is -1.82. The number of methoxy groups -OCH3 is 1. The minimum atomic E-state index is -3.33. The third-order valence-corrected chi connectivity index (χ3v) is 4.23. The van der Waals surface area contributed by atoms with Crippen LogP contribution in [0.5, 0.6) is 5.75 Å². The Morgan fingerprint density at radius 1 is 1.41 bits per heavy atom. The van der Waals surface area contributed by atoms with Crippen molar-refractivity contribution in [3.8, 4) is 5.75 Å². The van der Waals surface area contributed by atoms with Gasteiger partial charge in [-0.15, -0.1) is 0 Å². The summed E-state index contributed by atoms with van der Waals surface area (Å²) in [6.45, 7) is 1.86. The average molecular weight is 253 g/mol. The van der Waals surface area contributed by atoms with Gasteiger partial charge in [0.1, 0.15) is 5.75 Å². The summed E-state index contributed by atoms with van der Waals surface area (Å²) >= 11 is 0. The Labute approximate surface area is 101 Å². The lowest BCUT2D eigenvalue weighted by atomic mass is 10.0. The van der Waals surface area contributed by atoms with Crippen molar-refractivity contribution in [1.29, 1.82) is 0 Å². The van der Waals surface area contributed by atoms with Crippen molar-refractivity contribution in [3.05, 3.63) is 29.2 Å². The quantitative estimate of drug-likeness (QED) is 0.887. The lowest BCUT2D eigenvalue weighted by Gasteiger charge is -2.08. The Kier molecular flexibility index (Phi) is 2.97. The van der Waals surface area contributed by atoms with E-state index in [-0.39, 0.29) is 6.04 Å². The standard InChI is InChI=1S/C12H15NO3S/c1-8(13)5-9-7-17(14,15)12-6-10(16-2)3-4-11(9)12/h3-4,6-8H,5,13H2,1-2H3. The van der Waals surface area contributed by atoms with Crippen LogP contribution in [0.3, 0.4) is 0 Å². The van der Waals surface area contributed by atoms with Crippen molar-refractivity contribution in [2.24, 2.45) is 5.73 Å². The second-order valence-corrected chi connectivity index (χ2v) is 6.00.